The number of carbonyl (C=O) groups is 1. The molecule has 2 saturated heterocycles. The van der Waals surface area contributed by atoms with Gasteiger partial charge in [0.1, 0.15) is 29.4 Å². The van der Waals surface area contributed by atoms with Crippen molar-refractivity contribution >= 4 is 45.1 Å². The maximum atomic E-state index is 16.6. The van der Waals surface area contributed by atoms with Crippen LogP contribution in [0.25, 0.3) is 32.9 Å². The van der Waals surface area contributed by atoms with Crippen LogP contribution in [0.3, 0.4) is 0 Å². The highest BCUT2D eigenvalue weighted by atomic mass is 35.5. The zero-order chi connectivity index (χ0) is 30.6. The summed E-state index contributed by atoms with van der Waals surface area (Å²) in [4.78, 5) is 27.1. The molecule has 43 heavy (non-hydrogen) atoms. The second kappa shape index (κ2) is 11.0. The molecule has 0 aliphatic carbocycles. The van der Waals surface area contributed by atoms with E-state index in [2.05, 4.69) is 26.7 Å². The third-order valence-corrected chi connectivity index (χ3v) is 8.42. The first-order valence-corrected chi connectivity index (χ1v) is 14.4. The molecule has 1 amide bonds. The van der Waals surface area contributed by atoms with E-state index in [-0.39, 0.29) is 52.3 Å². The quantitative estimate of drug-likeness (QED) is 0.289. The Labute approximate surface area is 251 Å². The summed E-state index contributed by atoms with van der Waals surface area (Å²) < 4.78 is 51.7. The molecule has 2 aliphatic rings. The predicted octanol–water partition coefficient (Wildman–Crippen LogP) is 5.14. The van der Waals surface area contributed by atoms with Crippen LogP contribution in [0.15, 0.2) is 37.1 Å². The first-order valence-electron chi connectivity index (χ1n) is 14.0. The van der Waals surface area contributed by atoms with Crippen LogP contribution in [0.4, 0.5) is 19.0 Å². The molecule has 0 saturated carbocycles. The van der Waals surface area contributed by atoms with Crippen LogP contribution in [0, 0.1) is 11.6 Å². The van der Waals surface area contributed by atoms with Crippen LogP contribution in [0.5, 0.6) is 6.01 Å². The first kappa shape index (κ1) is 29.2. The molecule has 2 aliphatic heterocycles. The predicted molar refractivity (Wildman–Crippen MR) is 159 cm³/mol. The van der Waals surface area contributed by atoms with Gasteiger partial charge < -0.3 is 14.5 Å². The van der Waals surface area contributed by atoms with Crippen LogP contribution >= 0.6 is 11.6 Å². The van der Waals surface area contributed by atoms with Crippen LogP contribution in [0.1, 0.15) is 20.8 Å². The molecule has 6 rings (SSSR count). The number of H-pyrrole nitrogens is 1. The molecule has 226 valence electrons. The summed E-state index contributed by atoms with van der Waals surface area (Å²) in [6.07, 6.45) is 2.80. The molecule has 2 fully saturated rings. The average molecular weight is 614 g/mol. The van der Waals surface area contributed by atoms with E-state index in [9.17, 15) is 9.18 Å². The van der Waals surface area contributed by atoms with Gasteiger partial charge in [-0.15, -0.1) is 0 Å². The summed E-state index contributed by atoms with van der Waals surface area (Å²) in [5, 5.41) is 7.59. The summed E-state index contributed by atoms with van der Waals surface area (Å²) in [6, 6.07) is 3.81. The summed E-state index contributed by atoms with van der Waals surface area (Å²) >= 11 is 6.70. The highest BCUT2D eigenvalue weighted by Gasteiger charge is 2.38. The average Bonchev–Trinajstić information content (AvgIpc) is 3.43. The number of hydrogen-bond acceptors (Lipinski definition) is 7. The van der Waals surface area contributed by atoms with Crippen LogP contribution < -0.4 is 9.64 Å². The molecule has 0 bridgehead atoms. The fraction of sp³-hybridized carbons (Fsp3) is 0.400. The van der Waals surface area contributed by atoms with E-state index in [4.69, 9.17) is 16.3 Å². The molecule has 13 heteroatoms. The Morgan fingerprint density at radius 1 is 1.21 bits per heavy atom. The fourth-order valence-electron chi connectivity index (χ4n) is 6.06. The van der Waals surface area contributed by atoms with Gasteiger partial charge in [0, 0.05) is 66.7 Å². The summed E-state index contributed by atoms with van der Waals surface area (Å²) in [7, 11) is 0. The molecule has 2 aromatic heterocycles. The minimum atomic E-state index is -1.22. The van der Waals surface area contributed by atoms with Crippen molar-refractivity contribution in [1.29, 1.82) is 0 Å². The summed E-state index contributed by atoms with van der Waals surface area (Å²) in [5.41, 5.74) is -1.25. The van der Waals surface area contributed by atoms with E-state index in [1.165, 1.54) is 24.4 Å². The van der Waals surface area contributed by atoms with E-state index >= 15 is 8.78 Å². The molecule has 0 spiro atoms. The third-order valence-electron chi connectivity index (χ3n) is 8.12. The van der Waals surface area contributed by atoms with E-state index in [0.717, 1.165) is 0 Å². The smallest absolute Gasteiger partial charge is 0.319 e. The van der Waals surface area contributed by atoms with Crippen LogP contribution in [-0.2, 0) is 4.79 Å². The van der Waals surface area contributed by atoms with Crippen molar-refractivity contribution in [2.45, 2.75) is 38.5 Å². The Balaban J connectivity index is 1.45. The van der Waals surface area contributed by atoms with Crippen LogP contribution in [-0.4, -0.2) is 93.0 Å². The number of anilines is 1. The fourth-order valence-corrected chi connectivity index (χ4v) is 6.35. The first-order chi connectivity index (χ1) is 20.5. The maximum absolute atomic E-state index is 16.6. The second-order valence-electron chi connectivity index (χ2n) is 11.5. The Hall–Kier alpha value is -3.90. The van der Waals surface area contributed by atoms with Crippen molar-refractivity contribution < 1.29 is 22.7 Å². The number of likely N-dealkylation sites (tertiary alicyclic amines) is 1. The lowest BCUT2D eigenvalue weighted by Crippen LogP contribution is -2.58. The molecule has 0 radical (unpaired) electrons. The van der Waals surface area contributed by atoms with Gasteiger partial charge in [-0.1, -0.05) is 18.2 Å². The van der Waals surface area contributed by atoms with Gasteiger partial charge >= 0.3 is 6.01 Å². The molecule has 1 N–H and O–H groups in total. The monoisotopic (exact) mass is 613 g/mol. The number of fused-ring (bicyclic) bond motifs is 2. The number of aromatic amines is 1. The van der Waals surface area contributed by atoms with Gasteiger partial charge in [-0.05, 0) is 45.0 Å². The Kier molecular flexibility index (Phi) is 7.45. The Bertz CT molecular complexity index is 1740. The molecular weight excluding hydrogens is 583 g/mol. The number of nitrogens with zero attached hydrogens (tertiary/aromatic N) is 6. The van der Waals surface area contributed by atoms with Gasteiger partial charge in [-0.2, -0.15) is 15.1 Å². The van der Waals surface area contributed by atoms with E-state index in [1.807, 2.05) is 23.6 Å². The Morgan fingerprint density at radius 3 is 2.70 bits per heavy atom. The van der Waals surface area contributed by atoms with E-state index < -0.39 is 17.3 Å². The SMILES string of the molecule is C=CC(=O)N1C[C@H](C)N(c2nc(OCCN3CC(C)(F)C3)nc3c(F)c(-c4c(F)ccc5cn[nH]c45)c(Cl)cc23)C[C@H]1C. The number of halogens is 4. The number of piperazine rings is 1. The minimum Gasteiger partial charge on any atom is -0.462 e. The van der Waals surface area contributed by atoms with Gasteiger partial charge in [-0.25, -0.2) is 13.2 Å². The summed E-state index contributed by atoms with van der Waals surface area (Å²) in [5.74, 6) is -1.32. The van der Waals surface area contributed by atoms with Gasteiger partial charge in [0.2, 0.25) is 5.91 Å². The molecule has 2 aromatic carbocycles. The number of rotatable bonds is 7. The van der Waals surface area contributed by atoms with Gasteiger partial charge in [-0.3, -0.25) is 14.8 Å². The standard InChI is InChI=1S/C30H31ClF3N7O2/c1-5-22(42)40-12-17(3)41(13-16(40)2)28-19-10-20(31)23(24-21(32)7-6-18-11-35-38-26(18)24)25(33)27(19)36-29(37-28)43-9-8-39-14-30(4,34)15-39/h5-7,10-11,16-17H,1,8-9,12-15H2,2-4H3,(H,35,38)/t16-,17+/m1/s1. The van der Waals surface area contributed by atoms with Crippen LogP contribution in [0.2, 0.25) is 5.02 Å². The van der Waals surface area contributed by atoms with Crippen molar-refractivity contribution in [1.82, 2.24) is 30.0 Å². The molecule has 0 unspecified atom stereocenters. The largest absolute Gasteiger partial charge is 0.462 e. The lowest BCUT2D eigenvalue weighted by Gasteiger charge is -2.44. The lowest BCUT2D eigenvalue weighted by atomic mass is 9.99. The number of nitrogens with one attached hydrogen (secondary N) is 1. The maximum Gasteiger partial charge on any atom is 0.319 e. The lowest BCUT2D eigenvalue weighted by molar-refractivity contribution is -0.128. The number of amides is 1. The number of hydrogen-bond donors (Lipinski definition) is 1. The Morgan fingerprint density at radius 2 is 1.98 bits per heavy atom. The second-order valence-corrected chi connectivity index (χ2v) is 12.0. The van der Waals surface area contributed by atoms with Gasteiger partial charge in [0.05, 0.1) is 16.7 Å². The van der Waals surface area contributed by atoms with E-state index in [0.29, 0.717) is 54.8 Å². The topological polar surface area (TPSA) is 90.5 Å². The number of benzene rings is 2. The molecular formula is C30H31ClF3N7O2. The van der Waals surface area contributed by atoms with Crippen molar-refractivity contribution in [2.75, 3.05) is 44.2 Å². The van der Waals surface area contributed by atoms with Gasteiger partial charge in [0.15, 0.2) is 5.82 Å². The number of ether oxygens (including phenoxy) is 1. The third kappa shape index (κ3) is 5.27. The number of carbonyl (C=O) groups excluding carboxylic acids is 1. The van der Waals surface area contributed by atoms with Crippen molar-refractivity contribution in [3.8, 4) is 17.1 Å². The molecule has 4 heterocycles. The zero-order valence-electron chi connectivity index (χ0n) is 24.0. The van der Waals surface area contributed by atoms with Gasteiger partial charge in [0.25, 0.3) is 0 Å². The number of aromatic nitrogens is 4. The summed E-state index contributed by atoms with van der Waals surface area (Å²) in [6.45, 7) is 10.9. The van der Waals surface area contributed by atoms with Crippen molar-refractivity contribution in [3.05, 3.63) is 53.7 Å². The molecule has 2 atom stereocenters. The highest BCUT2D eigenvalue weighted by Crippen LogP contribution is 2.42. The molecule has 9 nitrogen and oxygen atoms in total. The van der Waals surface area contributed by atoms with Crippen molar-refractivity contribution in [3.63, 3.8) is 0 Å². The number of alkyl halides is 1. The normalized spacial score (nSPS) is 20.4. The van der Waals surface area contributed by atoms with Crippen molar-refractivity contribution in [2.24, 2.45) is 0 Å². The molecule has 4 aromatic rings. The van der Waals surface area contributed by atoms with E-state index in [1.54, 1.807) is 17.9 Å². The highest BCUT2D eigenvalue weighted by molar-refractivity contribution is 6.35. The zero-order valence-corrected chi connectivity index (χ0v) is 24.8. The minimum absolute atomic E-state index is 0.0299.